The van der Waals surface area contributed by atoms with Gasteiger partial charge in [0.2, 0.25) is 0 Å². The largest absolute Gasteiger partial charge is 0.348 e. The van der Waals surface area contributed by atoms with Crippen molar-refractivity contribution in [2.75, 3.05) is 6.61 Å². The van der Waals surface area contributed by atoms with Crippen LogP contribution in [0.1, 0.15) is 20.3 Å². The lowest BCUT2D eigenvalue weighted by atomic mass is 10.3. The zero-order valence-corrected chi connectivity index (χ0v) is 9.05. The molecule has 0 spiro atoms. The Morgan fingerprint density at radius 2 is 2.36 bits per heavy atom. The van der Waals surface area contributed by atoms with Crippen LogP contribution >= 0.6 is 22.6 Å². The summed E-state index contributed by atoms with van der Waals surface area (Å²) in [5.74, 6) is -0.392. The third-order valence-corrected chi connectivity index (χ3v) is 1.96. The molecule has 11 heavy (non-hydrogen) atoms. The monoisotopic (exact) mass is 268 g/mol. The molecule has 0 aromatic rings. The Balaban J connectivity index is 2.36. The maximum absolute atomic E-state index is 5.57. The summed E-state index contributed by atoms with van der Waals surface area (Å²) in [4.78, 5) is 0. The first kappa shape index (κ1) is 9.48. The Bertz CT molecular complexity index is 165. The molecule has 0 bridgehead atoms. The molecule has 0 saturated carbocycles. The average Bonchev–Trinajstić information content (AvgIpc) is 2.08. The smallest absolute Gasteiger partial charge is 0.163 e. The quantitative estimate of drug-likeness (QED) is 0.716. The fraction of sp³-hybridized carbons (Fsp3) is 0.750. The first-order valence-electron chi connectivity index (χ1n) is 3.65. The van der Waals surface area contributed by atoms with Crippen LogP contribution < -0.4 is 0 Å². The number of rotatable bonds is 2. The number of ether oxygens (including phenoxy) is 2. The molecule has 1 unspecified atom stereocenters. The van der Waals surface area contributed by atoms with E-state index < -0.39 is 5.79 Å². The molecule has 1 heterocycles. The zero-order chi connectivity index (χ0) is 8.48. The van der Waals surface area contributed by atoms with E-state index in [-0.39, 0.29) is 6.10 Å². The first-order valence-corrected chi connectivity index (χ1v) is 4.72. The average molecular weight is 268 g/mol. The fourth-order valence-electron chi connectivity index (χ4n) is 1.11. The molecule has 0 aromatic carbocycles. The van der Waals surface area contributed by atoms with Gasteiger partial charge in [0, 0.05) is 6.42 Å². The van der Waals surface area contributed by atoms with Crippen LogP contribution in [0.3, 0.4) is 0 Å². The summed E-state index contributed by atoms with van der Waals surface area (Å²) >= 11 is 2.21. The Hall–Kier alpha value is 0.390. The molecule has 0 radical (unpaired) electrons. The third kappa shape index (κ3) is 3.09. The van der Waals surface area contributed by atoms with Gasteiger partial charge in [-0.25, -0.2) is 0 Å². The van der Waals surface area contributed by atoms with Crippen LogP contribution in [0.25, 0.3) is 0 Å². The van der Waals surface area contributed by atoms with Crippen molar-refractivity contribution in [1.29, 1.82) is 0 Å². The highest BCUT2D eigenvalue weighted by Gasteiger charge is 2.32. The van der Waals surface area contributed by atoms with Gasteiger partial charge in [-0.05, 0) is 40.0 Å². The summed E-state index contributed by atoms with van der Waals surface area (Å²) < 4.78 is 12.1. The van der Waals surface area contributed by atoms with Crippen LogP contribution in [0.15, 0.2) is 10.2 Å². The van der Waals surface area contributed by atoms with Gasteiger partial charge in [0.1, 0.15) is 0 Å². The molecular weight excluding hydrogens is 255 g/mol. The standard InChI is InChI=1S/C8H13IO2/c1-6(9)4-7-5-10-8(2,3)11-7/h7H,1,4-5H2,2-3H3. The van der Waals surface area contributed by atoms with E-state index >= 15 is 0 Å². The van der Waals surface area contributed by atoms with E-state index in [1.54, 1.807) is 0 Å². The van der Waals surface area contributed by atoms with E-state index in [9.17, 15) is 0 Å². The second-order valence-electron chi connectivity index (χ2n) is 3.17. The zero-order valence-electron chi connectivity index (χ0n) is 6.89. The Morgan fingerprint density at radius 1 is 1.73 bits per heavy atom. The molecule has 0 amide bonds. The van der Waals surface area contributed by atoms with E-state index in [0.29, 0.717) is 6.61 Å². The van der Waals surface area contributed by atoms with Crippen molar-refractivity contribution in [1.82, 2.24) is 0 Å². The lowest BCUT2D eigenvalue weighted by molar-refractivity contribution is -0.137. The van der Waals surface area contributed by atoms with Crippen molar-refractivity contribution in [2.24, 2.45) is 0 Å². The summed E-state index contributed by atoms with van der Waals surface area (Å²) in [6, 6.07) is 0. The maximum atomic E-state index is 5.57. The van der Waals surface area contributed by atoms with Gasteiger partial charge in [-0.15, -0.1) is 0 Å². The molecule has 1 atom stereocenters. The highest BCUT2D eigenvalue weighted by molar-refractivity contribution is 14.1. The number of hydrogen-bond acceptors (Lipinski definition) is 2. The van der Waals surface area contributed by atoms with Crippen molar-refractivity contribution < 1.29 is 9.47 Å². The Labute approximate surface area is 81.1 Å². The van der Waals surface area contributed by atoms with E-state index in [0.717, 1.165) is 10.0 Å². The van der Waals surface area contributed by atoms with E-state index in [2.05, 4.69) is 29.2 Å². The van der Waals surface area contributed by atoms with Gasteiger partial charge in [0.15, 0.2) is 5.79 Å². The molecule has 1 saturated heterocycles. The Kier molecular flexibility index (Phi) is 2.94. The molecule has 0 N–H and O–H groups in total. The highest BCUT2D eigenvalue weighted by atomic mass is 127. The normalized spacial score (nSPS) is 28.8. The van der Waals surface area contributed by atoms with E-state index in [1.807, 2.05) is 13.8 Å². The SMILES string of the molecule is C=C(I)CC1COC(C)(C)O1. The van der Waals surface area contributed by atoms with Crippen molar-refractivity contribution in [3.8, 4) is 0 Å². The molecule has 1 fully saturated rings. The van der Waals surface area contributed by atoms with Crippen LogP contribution in [0.4, 0.5) is 0 Å². The molecule has 1 aliphatic heterocycles. The summed E-state index contributed by atoms with van der Waals surface area (Å²) in [5, 5.41) is 0. The summed E-state index contributed by atoms with van der Waals surface area (Å²) in [6.07, 6.45) is 1.10. The first-order chi connectivity index (χ1) is 4.99. The molecule has 0 aliphatic carbocycles. The third-order valence-electron chi connectivity index (χ3n) is 1.52. The van der Waals surface area contributed by atoms with Gasteiger partial charge in [0.25, 0.3) is 0 Å². The van der Waals surface area contributed by atoms with Gasteiger partial charge >= 0.3 is 0 Å². The maximum Gasteiger partial charge on any atom is 0.163 e. The van der Waals surface area contributed by atoms with Crippen molar-refractivity contribution in [2.45, 2.75) is 32.2 Å². The van der Waals surface area contributed by atoms with Crippen LogP contribution in [0.5, 0.6) is 0 Å². The molecule has 1 aliphatic rings. The predicted octanol–water partition coefficient (Wildman–Crippen LogP) is 2.48. The van der Waals surface area contributed by atoms with Gasteiger partial charge in [-0.2, -0.15) is 0 Å². The van der Waals surface area contributed by atoms with Crippen molar-refractivity contribution in [3.63, 3.8) is 0 Å². The predicted molar refractivity (Wildman–Crippen MR) is 52.7 cm³/mol. The van der Waals surface area contributed by atoms with Gasteiger partial charge in [-0.3, -0.25) is 0 Å². The van der Waals surface area contributed by atoms with E-state index in [4.69, 9.17) is 9.47 Å². The fourth-order valence-corrected chi connectivity index (χ4v) is 1.60. The molecular formula is C8H13IO2. The number of halogens is 1. The molecule has 1 rings (SSSR count). The van der Waals surface area contributed by atoms with Gasteiger partial charge in [-0.1, -0.05) is 6.58 Å². The molecule has 3 heteroatoms. The second-order valence-corrected chi connectivity index (χ2v) is 4.70. The van der Waals surface area contributed by atoms with Crippen molar-refractivity contribution in [3.05, 3.63) is 10.2 Å². The lowest BCUT2D eigenvalue weighted by Gasteiger charge is -2.16. The summed E-state index contributed by atoms with van der Waals surface area (Å²) in [5.41, 5.74) is 0. The van der Waals surface area contributed by atoms with Crippen molar-refractivity contribution >= 4 is 22.6 Å². The minimum Gasteiger partial charge on any atom is -0.348 e. The molecule has 0 aromatic heterocycles. The summed E-state index contributed by atoms with van der Waals surface area (Å²) in [7, 11) is 0. The van der Waals surface area contributed by atoms with Crippen LogP contribution in [-0.4, -0.2) is 18.5 Å². The van der Waals surface area contributed by atoms with Gasteiger partial charge in [0.05, 0.1) is 12.7 Å². The highest BCUT2D eigenvalue weighted by Crippen LogP contribution is 2.26. The second kappa shape index (κ2) is 3.41. The molecule has 64 valence electrons. The number of hydrogen-bond donors (Lipinski definition) is 0. The minimum atomic E-state index is -0.392. The summed E-state index contributed by atoms with van der Waals surface area (Å²) in [6.45, 7) is 8.37. The minimum absolute atomic E-state index is 0.203. The van der Waals surface area contributed by atoms with Crippen LogP contribution in [-0.2, 0) is 9.47 Å². The van der Waals surface area contributed by atoms with Gasteiger partial charge < -0.3 is 9.47 Å². The topological polar surface area (TPSA) is 18.5 Å². The van der Waals surface area contributed by atoms with Crippen LogP contribution in [0, 0.1) is 0 Å². The lowest BCUT2D eigenvalue weighted by Crippen LogP contribution is -2.21. The van der Waals surface area contributed by atoms with E-state index in [1.165, 1.54) is 0 Å². The Morgan fingerprint density at radius 3 is 2.73 bits per heavy atom. The van der Waals surface area contributed by atoms with Crippen LogP contribution in [0.2, 0.25) is 0 Å². The molecule has 2 nitrogen and oxygen atoms in total.